The number of nitrogens with one attached hydrogen (secondary N) is 1. The fraction of sp³-hybridized carbons (Fsp3) is 0.286. The second-order valence-corrected chi connectivity index (χ2v) is 4.78. The molecule has 1 atom stereocenters. The molecule has 20 heavy (non-hydrogen) atoms. The van der Waals surface area contributed by atoms with Crippen LogP contribution in [0.2, 0.25) is 0 Å². The molecule has 1 unspecified atom stereocenters. The van der Waals surface area contributed by atoms with Crippen LogP contribution in [-0.2, 0) is 12.6 Å². The Balaban J connectivity index is 1.60. The Kier molecular flexibility index (Phi) is 3.08. The molecule has 3 rings (SSSR count). The van der Waals surface area contributed by atoms with E-state index in [1.807, 2.05) is 12.1 Å². The van der Waals surface area contributed by atoms with Crippen molar-refractivity contribution in [3.63, 3.8) is 0 Å². The largest absolute Gasteiger partial charge is 0.435 e. The highest BCUT2D eigenvalue weighted by molar-refractivity contribution is 5.42. The van der Waals surface area contributed by atoms with Gasteiger partial charge in [0.1, 0.15) is 5.82 Å². The molecule has 1 aliphatic carbocycles. The van der Waals surface area contributed by atoms with Crippen molar-refractivity contribution in [3.05, 3.63) is 53.2 Å². The molecule has 0 fully saturated rings. The zero-order chi connectivity index (χ0) is 14.2. The maximum Gasteiger partial charge on any atom is 0.435 e. The molecule has 1 aromatic heterocycles. The third-order valence-corrected chi connectivity index (χ3v) is 3.45. The highest BCUT2D eigenvalue weighted by Gasteiger charge is 2.33. The van der Waals surface area contributed by atoms with Crippen molar-refractivity contribution < 1.29 is 13.2 Å². The Bertz CT molecular complexity index is 608. The molecule has 3 nitrogen and oxygen atoms in total. The molecule has 6 heteroatoms. The van der Waals surface area contributed by atoms with E-state index >= 15 is 0 Å². The van der Waals surface area contributed by atoms with E-state index in [-0.39, 0.29) is 0 Å². The van der Waals surface area contributed by atoms with Crippen LogP contribution in [0.5, 0.6) is 0 Å². The van der Waals surface area contributed by atoms with Crippen molar-refractivity contribution in [1.29, 1.82) is 0 Å². The van der Waals surface area contributed by atoms with Crippen LogP contribution in [0.15, 0.2) is 36.4 Å². The molecule has 0 saturated heterocycles. The van der Waals surface area contributed by atoms with Crippen LogP contribution in [0.4, 0.5) is 19.0 Å². The number of benzene rings is 1. The number of aromatic nitrogens is 2. The SMILES string of the molecule is FC(F)(F)c1ccc(NCC2Cc3ccccc32)nn1. The Morgan fingerprint density at radius 3 is 2.55 bits per heavy atom. The summed E-state index contributed by atoms with van der Waals surface area (Å²) < 4.78 is 37.0. The standard InChI is InChI=1S/C14H12F3N3/c15-14(16,17)12-5-6-13(20-19-12)18-8-10-7-9-3-1-2-4-11(9)10/h1-6,10H,7-8H2,(H,18,20). The highest BCUT2D eigenvalue weighted by Crippen LogP contribution is 2.34. The van der Waals surface area contributed by atoms with Crippen molar-refractivity contribution in [2.75, 3.05) is 11.9 Å². The molecule has 2 aromatic rings. The minimum atomic E-state index is -4.45. The van der Waals surface area contributed by atoms with E-state index in [2.05, 4.69) is 27.6 Å². The summed E-state index contributed by atoms with van der Waals surface area (Å²) in [6.45, 7) is 0.650. The summed E-state index contributed by atoms with van der Waals surface area (Å²) in [5.41, 5.74) is 1.65. The molecular weight excluding hydrogens is 267 g/mol. The lowest BCUT2D eigenvalue weighted by Gasteiger charge is -2.30. The molecule has 0 amide bonds. The van der Waals surface area contributed by atoms with E-state index in [1.165, 1.54) is 17.2 Å². The summed E-state index contributed by atoms with van der Waals surface area (Å²) in [6, 6.07) is 10.4. The second kappa shape index (κ2) is 4.77. The summed E-state index contributed by atoms with van der Waals surface area (Å²) in [6.07, 6.45) is -3.46. The topological polar surface area (TPSA) is 37.8 Å². The average Bonchev–Trinajstić information content (AvgIpc) is 2.39. The van der Waals surface area contributed by atoms with Gasteiger partial charge in [-0.2, -0.15) is 13.2 Å². The van der Waals surface area contributed by atoms with Crippen LogP contribution in [0.25, 0.3) is 0 Å². The van der Waals surface area contributed by atoms with Gasteiger partial charge in [0.15, 0.2) is 5.69 Å². The van der Waals surface area contributed by atoms with Crippen LogP contribution in [0.3, 0.4) is 0 Å². The molecule has 104 valence electrons. The fourth-order valence-electron chi connectivity index (χ4n) is 2.35. The zero-order valence-electron chi connectivity index (χ0n) is 10.5. The number of alkyl halides is 3. The lowest BCUT2D eigenvalue weighted by Crippen LogP contribution is -2.24. The zero-order valence-corrected chi connectivity index (χ0v) is 10.5. The number of nitrogens with zero attached hydrogens (tertiary/aromatic N) is 2. The molecule has 1 N–H and O–H groups in total. The van der Waals surface area contributed by atoms with Gasteiger partial charge in [0.25, 0.3) is 0 Å². The molecule has 0 saturated carbocycles. The first-order valence-corrected chi connectivity index (χ1v) is 6.26. The van der Waals surface area contributed by atoms with Gasteiger partial charge in [-0.3, -0.25) is 0 Å². The van der Waals surface area contributed by atoms with Gasteiger partial charge in [0.2, 0.25) is 0 Å². The van der Waals surface area contributed by atoms with Gasteiger partial charge in [0, 0.05) is 12.5 Å². The summed E-state index contributed by atoms with van der Waals surface area (Å²) >= 11 is 0. The summed E-state index contributed by atoms with van der Waals surface area (Å²) in [5, 5.41) is 9.75. The number of hydrogen-bond donors (Lipinski definition) is 1. The van der Waals surface area contributed by atoms with E-state index in [9.17, 15) is 13.2 Å². The molecule has 0 spiro atoms. The Morgan fingerprint density at radius 2 is 1.90 bits per heavy atom. The lowest BCUT2D eigenvalue weighted by molar-refractivity contribution is -0.141. The predicted molar refractivity (Wildman–Crippen MR) is 68.4 cm³/mol. The van der Waals surface area contributed by atoms with E-state index in [0.717, 1.165) is 12.5 Å². The lowest BCUT2D eigenvalue weighted by atomic mass is 9.78. The Labute approximate surface area is 113 Å². The van der Waals surface area contributed by atoms with Crippen molar-refractivity contribution >= 4 is 5.82 Å². The number of hydrogen-bond acceptors (Lipinski definition) is 3. The first-order valence-electron chi connectivity index (χ1n) is 6.26. The third kappa shape index (κ3) is 2.45. The van der Waals surface area contributed by atoms with Gasteiger partial charge >= 0.3 is 6.18 Å². The average molecular weight is 279 g/mol. The number of fused-ring (bicyclic) bond motifs is 1. The number of rotatable bonds is 3. The van der Waals surface area contributed by atoms with E-state index in [4.69, 9.17) is 0 Å². The summed E-state index contributed by atoms with van der Waals surface area (Å²) in [4.78, 5) is 0. The van der Waals surface area contributed by atoms with Crippen LogP contribution in [0, 0.1) is 0 Å². The van der Waals surface area contributed by atoms with Gasteiger partial charge < -0.3 is 5.32 Å². The first-order chi connectivity index (χ1) is 9.54. The van der Waals surface area contributed by atoms with Crippen LogP contribution >= 0.6 is 0 Å². The first kappa shape index (κ1) is 12.9. The molecule has 1 aromatic carbocycles. The van der Waals surface area contributed by atoms with Crippen LogP contribution in [-0.4, -0.2) is 16.7 Å². The molecule has 0 bridgehead atoms. The predicted octanol–water partition coefficient (Wildman–Crippen LogP) is 3.25. The van der Waals surface area contributed by atoms with E-state index in [1.54, 1.807) is 0 Å². The maximum absolute atomic E-state index is 12.3. The van der Waals surface area contributed by atoms with E-state index in [0.29, 0.717) is 18.3 Å². The molecule has 1 heterocycles. The van der Waals surface area contributed by atoms with Gasteiger partial charge in [0.05, 0.1) is 0 Å². The quantitative estimate of drug-likeness (QED) is 0.937. The Hall–Kier alpha value is -2.11. The van der Waals surface area contributed by atoms with Crippen LogP contribution < -0.4 is 5.32 Å². The van der Waals surface area contributed by atoms with Crippen molar-refractivity contribution in [2.45, 2.75) is 18.5 Å². The maximum atomic E-state index is 12.3. The highest BCUT2D eigenvalue weighted by atomic mass is 19.4. The van der Waals surface area contributed by atoms with Crippen molar-refractivity contribution in [3.8, 4) is 0 Å². The van der Waals surface area contributed by atoms with E-state index < -0.39 is 11.9 Å². The molecular formula is C14H12F3N3. The third-order valence-electron chi connectivity index (χ3n) is 3.45. The minimum absolute atomic E-state index is 0.363. The number of halogens is 3. The van der Waals surface area contributed by atoms with Crippen LogP contribution in [0.1, 0.15) is 22.7 Å². The minimum Gasteiger partial charge on any atom is -0.368 e. The van der Waals surface area contributed by atoms with Gasteiger partial charge in [-0.05, 0) is 29.7 Å². The number of anilines is 1. The summed E-state index contributed by atoms with van der Waals surface area (Å²) in [5.74, 6) is 0.748. The van der Waals surface area contributed by atoms with Gasteiger partial charge in [-0.25, -0.2) is 0 Å². The van der Waals surface area contributed by atoms with Crippen molar-refractivity contribution in [1.82, 2.24) is 10.2 Å². The van der Waals surface area contributed by atoms with Crippen molar-refractivity contribution in [2.24, 2.45) is 0 Å². The Morgan fingerprint density at radius 1 is 1.10 bits per heavy atom. The molecule has 0 radical (unpaired) electrons. The second-order valence-electron chi connectivity index (χ2n) is 4.78. The monoisotopic (exact) mass is 279 g/mol. The smallest absolute Gasteiger partial charge is 0.368 e. The normalized spacial score (nSPS) is 17.2. The fourth-order valence-corrected chi connectivity index (χ4v) is 2.35. The summed E-state index contributed by atoms with van der Waals surface area (Å²) in [7, 11) is 0. The molecule has 0 aliphatic heterocycles. The molecule has 1 aliphatic rings. The van der Waals surface area contributed by atoms with Gasteiger partial charge in [-0.1, -0.05) is 24.3 Å². The van der Waals surface area contributed by atoms with Gasteiger partial charge in [-0.15, -0.1) is 10.2 Å².